The van der Waals surface area contributed by atoms with E-state index >= 15 is 0 Å². The van der Waals surface area contributed by atoms with Crippen molar-refractivity contribution < 1.29 is 23.0 Å². The van der Waals surface area contributed by atoms with Crippen LogP contribution in [0, 0.1) is 0 Å². The van der Waals surface area contributed by atoms with Gasteiger partial charge in [0.15, 0.2) is 12.0 Å². The average molecular weight is 665 g/mol. The molecule has 0 radical (unpaired) electrons. The number of hydrogen-bond acceptors (Lipinski definition) is 5. The monoisotopic (exact) mass is 666 g/mol. The van der Waals surface area contributed by atoms with Crippen LogP contribution in [0.1, 0.15) is 96.8 Å². The number of aromatic nitrogens is 2. The van der Waals surface area contributed by atoms with Crippen LogP contribution < -0.4 is 9.47 Å². The van der Waals surface area contributed by atoms with E-state index in [4.69, 9.17) is 14.2 Å². The van der Waals surface area contributed by atoms with Crippen LogP contribution in [0.2, 0.25) is 22.5 Å². The van der Waals surface area contributed by atoms with Crippen LogP contribution in [0.15, 0.2) is 36.7 Å². The molecule has 2 aromatic rings. The van der Waals surface area contributed by atoms with Gasteiger partial charge >= 0.3 is 114 Å². The quantitative estimate of drug-likeness (QED) is 0.0740. The fourth-order valence-corrected chi connectivity index (χ4v) is 7.56. The minimum absolute atomic E-state index is 0.144. The van der Waals surface area contributed by atoms with E-state index in [1.807, 2.05) is 24.3 Å². The van der Waals surface area contributed by atoms with Crippen molar-refractivity contribution in [2.45, 2.75) is 132 Å². The molecule has 0 spiro atoms. The molecule has 2 atom stereocenters. The fourth-order valence-electron chi connectivity index (χ4n) is 4.81. The van der Waals surface area contributed by atoms with Crippen molar-refractivity contribution in [3.8, 4) is 22.9 Å². The van der Waals surface area contributed by atoms with Crippen LogP contribution in [-0.4, -0.2) is 62.0 Å². The first-order valence-electron chi connectivity index (χ1n) is 16.8. The number of rotatable bonds is 26. The van der Waals surface area contributed by atoms with Gasteiger partial charge in [-0.15, -0.1) is 0 Å². The minimum atomic E-state index is -1.51. The zero-order valence-electron chi connectivity index (χ0n) is 27.4. The number of ether oxygens (including phenoxy) is 3. The third kappa shape index (κ3) is 18.6. The van der Waals surface area contributed by atoms with Crippen LogP contribution in [0.4, 0.5) is 8.78 Å². The summed E-state index contributed by atoms with van der Waals surface area (Å²) in [7, 11) is 0. The zero-order valence-corrected chi connectivity index (χ0v) is 29.5. The number of nitrogens with zero attached hydrogens (tertiary/aromatic N) is 2. The van der Waals surface area contributed by atoms with Crippen LogP contribution in [0.25, 0.3) is 11.4 Å². The Balaban J connectivity index is 1.50. The first kappa shape index (κ1) is 37.4. The SMILES string of the molecule is CCCCC[C@@H](F)[C@H](F)COCCCCCCOc1ccc(-c2ncc(OCCCCCCC[CH2][Ge]([CH3])([CH3])[CH3])cn2)cc1. The number of benzene rings is 1. The van der Waals surface area contributed by atoms with E-state index < -0.39 is 25.6 Å². The standard InChI is InChI=1S/C35H58F2GeN2O3/c1-5-6-13-18-33(36)34(37)29-41-24-15-11-12-17-25-42-31-21-19-30(20-22-31)35-39-27-32(28-40-35)43-26-16-10-8-7-9-14-23-38(2,3)4/h19-22,27-28,33-34H,5-18,23-26,29H2,1-4H3/t33-,34-/m1/s1. The van der Waals surface area contributed by atoms with E-state index in [9.17, 15) is 8.78 Å². The van der Waals surface area contributed by atoms with Gasteiger partial charge in [0.2, 0.25) is 0 Å². The van der Waals surface area contributed by atoms with Crippen molar-refractivity contribution >= 4 is 13.3 Å². The molecule has 0 aliphatic heterocycles. The van der Waals surface area contributed by atoms with E-state index in [0.29, 0.717) is 31.4 Å². The summed E-state index contributed by atoms with van der Waals surface area (Å²) < 4.78 is 44.6. The van der Waals surface area contributed by atoms with Crippen molar-refractivity contribution in [3.63, 3.8) is 0 Å². The maximum atomic E-state index is 13.8. The Kier molecular flexibility index (Phi) is 19.8. The number of hydrogen-bond donors (Lipinski definition) is 0. The molecule has 43 heavy (non-hydrogen) atoms. The van der Waals surface area contributed by atoms with Gasteiger partial charge in [0.1, 0.15) is 11.9 Å². The van der Waals surface area contributed by atoms with E-state index in [-0.39, 0.29) is 13.0 Å². The number of unbranched alkanes of at least 4 members (excludes halogenated alkanes) is 10. The Hall–Kier alpha value is -1.74. The predicted octanol–water partition coefficient (Wildman–Crippen LogP) is 10.4. The number of halogens is 2. The summed E-state index contributed by atoms with van der Waals surface area (Å²) in [6.07, 6.45) is 15.0. The molecule has 1 heterocycles. The van der Waals surface area contributed by atoms with Gasteiger partial charge in [0, 0.05) is 12.2 Å². The van der Waals surface area contributed by atoms with Crippen molar-refractivity contribution in [3.05, 3.63) is 36.7 Å². The molecule has 0 saturated heterocycles. The van der Waals surface area contributed by atoms with Gasteiger partial charge in [-0.2, -0.15) is 0 Å². The molecule has 2 rings (SSSR count). The average Bonchev–Trinajstić information content (AvgIpc) is 2.99. The van der Waals surface area contributed by atoms with Crippen LogP contribution in [0.5, 0.6) is 11.5 Å². The molecule has 0 aliphatic rings. The molecule has 0 amide bonds. The Labute approximate surface area is 263 Å². The molecule has 1 aromatic heterocycles. The first-order chi connectivity index (χ1) is 20.8. The third-order valence-corrected chi connectivity index (χ3v) is 11.4. The van der Waals surface area contributed by atoms with E-state index in [1.54, 1.807) is 12.4 Å². The molecule has 0 unspecified atom stereocenters. The Morgan fingerprint density at radius 2 is 1.21 bits per heavy atom. The van der Waals surface area contributed by atoms with Crippen LogP contribution in [0.3, 0.4) is 0 Å². The summed E-state index contributed by atoms with van der Waals surface area (Å²) in [5.74, 6) is 9.69. The summed E-state index contributed by atoms with van der Waals surface area (Å²) in [6, 6.07) is 7.82. The van der Waals surface area contributed by atoms with Crippen molar-refractivity contribution in [2.75, 3.05) is 26.4 Å². The molecular weight excluding hydrogens is 607 g/mol. The van der Waals surface area contributed by atoms with Crippen molar-refractivity contribution in [2.24, 2.45) is 0 Å². The van der Waals surface area contributed by atoms with Crippen LogP contribution in [-0.2, 0) is 4.74 Å². The summed E-state index contributed by atoms with van der Waals surface area (Å²) >= 11 is -1.34. The Bertz CT molecular complexity index is 942. The summed E-state index contributed by atoms with van der Waals surface area (Å²) in [5, 5.41) is 1.49. The maximum absolute atomic E-state index is 13.8. The van der Waals surface area contributed by atoms with Gasteiger partial charge < -0.3 is 9.47 Å². The Morgan fingerprint density at radius 1 is 0.651 bits per heavy atom. The molecule has 5 nitrogen and oxygen atoms in total. The molecule has 0 bridgehead atoms. The van der Waals surface area contributed by atoms with Crippen LogP contribution >= 0.6 is 0 Å². The fraction of sp³-hybridized carbons (Fsp3) is 0.714. The predicted molar refractivity (Wildman–Crippen MR) is 178 cm³/mol. The van der Waals surface area contributed by atoms with Crippen molar-refractivity contribution in [1.29, 1.82) is 0 Å². The van der Waals surface area contributed by atoms with Gasteiger partial charge in [-0.1, -0.05) is 32.6 Å². The molecule has 0 fully saturated rings. The van der Waals surface area contributed by atoms with Gasteiger partial charge in [-0.3, -0.25) is 0 Å². The summed E-state index contributed by atoms with van der Waals surface area (Å²) in [4.78, 5) is 8.95. The molecule has 8 heteroatoms. The number of alkyl halides is 2. The molecule has 0 saturated carbocycles. The van der Waals surface area contributed by atoms with Gasteiger partial charge in [-0.05, 0) is 49.9 Å². The molecule has 1 aromatic carbocycles. The molecule has 0 aliphatic carbocycles. The molecule has 244 valence electrons. The Morgan fingerprint density at radius 3 is 1.81 bits per heavy atom. The molecular formula is C35H58F2GeN2O3. The van der Waals surface area contributed by atoms with Crippen molar-refractivity contribution in [1.82, 2.24) is 9.97 Å². The second kappa shape index (κ2) is 22.7. The minimum Gasteiger partial charge on any atom is -0.0475 e. The topological polar surface area (TPSA) is 53.5 Å². The summed E-state index contributed by atoms with van der Waals surface area (Å²) in [6.45, 7) is 3.72. The normalized spacial score (nSPS) is 13.2. The second-order valence-corrected chi connectivity index (χ2v) is 24.7. The molecule has 0 N–H and O–H groups in total. The van der Waals surface area contributed by atoms with Gasteiger partial charge in [0.25, 0.3) is 0 Å². The smallest absolute Gasteiger partial charge is 0.0475 e. The van der Waals surface area contributed by atoms with E-state index in [2.05, 4.69) is 34.2 Å². The first-order valence-corrected chi connectivity index (χ1v) is 24.6. The third-order valence-electron chi connectivity index (χ3n) is 7.54. The second-order valence-electron chi connectivity index (χ2n) is 12.9. The zero-order chi connectivity index (χ0) is 31.2. The van der Waals surface area contributed by atoms with Gasteiger partial charge in [0.05, 0.1) is 13.2 Å². The van der Waals surface area contributed by atoms with Gasteiger partial charge in [-0.25, -0.2) is 8.78 Å². The van der Waals surface area contributed by atoms with E-state index in [1.165, 1.54) is 37.4 Å². The van der Waals surface area contributed by atoms with E-state index in [0.717, 1.165) is 62.7 Å². The summed E-state index contributed by atoms with van der Waals surface area (Å²) in [5.41, 5.74) is 0.935.